The largest absolute Gasteiger partial charge is 0.321 e. The van der Waals surface area contributed by atoms with Crippen molar-refractivity contribution in [3.63, 3.8) is 0 Å². The number of hydrogen-bond acceptors (Lipinski definition) is 1. The summed E-state index contributed by atoms with van der Waals surface area (Å²) in [4.78, 5) is 1.33. The maximum absolute atomic E-state index is 13.3. The minimum Gasteiger partial charge on any atom is -0.230 e. The first-order valence-corrected chi connectivity index (χ1v) is 6.68. The van der Waals surface area contributed by atoms with Gasteiger partial charge in [0.2, 0.25) is 0 Å². The lowest BCUT2D eigenvalue weighted by Crippen LogP contribution is -2.15. The average Bonchev–Trinajstić information content (AvgIpc) is 2.74. The standard InChI is InChI=1S/C13H25F2N/c1-4-5-6-7-8-9-10-12-13(14,15)16(12)11(2)3/h11-12H,4-10H2,1-3H3. The fourth-order valence-electron chi connectivity index (χ4n) is 2.45. The number of nitrogens with zero attached hydrogens (tertiary/aromatic N) is 1. The lowest BCUT2D eigenvalue weighted by molar-refractivity contribution is 0.0406. The highest BCUT2D eigenvalue weighted by molar-refractivity contribution is 5.03. The molecule has 1 heterocycles. The molecule has 3 heteroatoms. The molecule has 1 rings (SSSR count). The van der Waals surface area contributed by atoms with Gasteiger partial charge in [0.05, 0.1) is 6.04 Å². The molecular formula is C13H25F2N. The number of halogens is 2. The molecule has 1 aliphatic rings. The Hall–Kier alpha value is -0.180. The van der Waals surface area contributed by atoms with E-state index in [0.29, 0.717) is 6.42 Å². The summed E-state index contributed by atoms with van der Waals surface area (Å²) < 4.78 is 26.5. The molecule has 96 valence electrons. The van der Waals surface area contributed by atoms with Crippen LogP contribution in [0.25, 0.3) is 0 Å². The van der Waals surface area contributed by atoms with E-state index in [2.05, 4.69) is 6.92 Å². The van der Waals surface area contributed by atoms with E-state index in [1.54, 1.807) is 0 Å². The fraction of sp³-hybridized carbons (Fsp3) is 1.00. The molecule has 0 aromatic rings. The van der Waals surface area contributed by atoms with Crippen LogP contribution in [0.3, 0.4) is 0 Å². The van der Waals surface area contributed by atoms with Crippen LogP contribution in [0, 0.1) is 0 Å². The third-order valence-corrected chi connectivity index (χ3v) is 3.40. The van der Waals surface area contributed by atoms with Crippen LogP contribution in [0.2, 0.25) is 0 Å². The molecule has 2 atom stereocenters. The third-order valence-electron chi connectivity index (χ3n) is 3.40. The Labute approximate surface area is 98.2 Å². The second-order valence-corrected chi connectivity index (χ2v) is 5.16. The van der Waals surface area contributed by atoms with Gasteiger partial charge in [-0.25, -0.2) is 4.90 Å². The fourth-order valence-corrected chi connectivity index (χ4v) is 2.45. The molecule has 0 aromatic heterocycles. The van der Waals surface area contributed by atoms with Gasteiger partial charge in [0.1, 0.15) is 0 Å². The number of hydrogen-bond donors (Lipinski definition) is 0. The molecule has 1 aliphatic heterocycles. The van der Waals surface area contributed by atoms with E-state index in [1.807, 2.05) is 13.8 Å². The van der Waals surface area contributed by atoms with E-state index in [0.717, 1.165) is 12.8 Å². The van der Waals surface area contributed by atoms with E-state index in [4.69, 9.17) is 0 Å². The molecule has 0 aromatic carbocycles. The van der Waals surface area contributed by atoms with Gasteiger partial charge in [0.15, 0.2) is 0 Å². The molecule has 1 saturated heterocycles. The summed E-state index contributed by atoms with van der Waals surface area (Å²) in [7, 11) is 0. The predicted octanol–water partition coefficient (Wildman–Crippen LogP) is 4.42. The third kappa shape index (κ3) is 3.41. The van der Waals surface area contributed by atoms with Gasteiger partial charge in [0.25, 0.3) is 0 Å². The summed E-state index contributed by atoms with van der Waals surface area (Å²) >= 11 is 0. The zero-order chi connectivity index (χ0) is 12.2. The molecule has 2 unspecified atom stereocenters. The first-order valence-electron chi connectivity index (χ1n) is 6.68. The average molecular weight is 233 g/mol. The van der Waals surface area contributed by atoms with Gasteiger partial charge in [-0.1, -0.05) is 45.4 Å². The minimum atomic E-state index is -2.52. The quantitative estimate of drug-likeness (QED) is 0.340. The Bertz CT molecular complexity index is 204. The van der Waals surface area contributed by atoms with Gasteiger partial charge >= 0.3 is 6.05 Å². The van der Waals surface area contributed by atoms with Crippen molar-refractivity contribution in [3.05, 3.63) is 0 Å². The van der Waals surface area contributed by atoms with Crippen molar-refractivity contribution in [3.8, 4) is 0 Å². The SMILES string of the molecule is CCCCCCCCC1N(C(C)C)C1(F)F. The Balaban J connectivity index is 2.06. The van der Waals surface area contributed by atoms with Crippen LogP contribution < -0.4 is 0 Å². The van der Waals surface area contributed by atoms with Crippen LogP contribution in [0.1, 0.15) is 65.7 Å². The normalized spacial score (nSPS) is 27.4. The van der Waals surface area contributed by atoms with E-state index in [1.165, 1.54) is 30.6 Å². The summed E-state index contributed by atoms with van der Waals surface area (Å²) in [6, 6.07) is -3.02. The topological polar surface area (TPSA) is 3.01 Å². The second-order valence-electron chi connectivity index (χ2n) is 5.16. The molecule has 0 saturated carbocycles. The molecule has 0 bridgehead atoms. The molecule has 1 fully saturated rings. The van der Waals surface area contributed by atoms with Crippen molar-refractivity contribution in [2.45, 2.75) is 83.8 Å². The predicted molar refractivity (Wildman–Crippen MR) is 63.7 cm³/mol. The molecule has 16 heavy (non-hydrogen) atoms. The summed E-state index contributed by atoms with van der Waals surface area (Å²) in [5.41, 5.74) is 0. The first-order chi connectivity index (χ1) is 7.51. The molecule has 0 N–H and O–H groups in total. The van der Waals surface area contributed by atoms with Crippen molar-refractivity contribution in [2.24, 2.45) is 0 Å². The monoisotopic (exact) mass is 233 g/mol. The molecule has 1 nitrogen and oxygen atoms in total. The van der Waals surface area contributed by atoms with Crippen LogP contribution in [0.4, 0.5) is 8.78 Å². The van der Waals surface area contributed by atoms with Crippen molar-refractivity contribution >= 4 is 0 Å². The number of unbranched alkanes of at least 4 members (excludes halogenated alkanes) is 5. The maximum atomic E-state index is 13.3. The summed E-state index contributed by atoms with van der Waals surface area (Å²) in [6.45, 7) is 5.87. The number of rotatable bonds is 8. The maximum Gasteiger partial charge on any atom is 0.321 e. The van der Waals surface area contributed by atoms with Gasteiger partial charge in [0, 0.05) is 6.04 Å². The van der Waals surface area contributed by atoms with Crippen LogP contribution in [0.15, 0.2) is 0 Å². The van der Waals surface area contributed by atoms with Crippen LogP contribution in [0.5, 0.6) is 0 Å². The highest BCUT2D eigenvalue weighted by Gasteiger charge is 2.66. The van der Waals surface area contributed by atoms with Gasteiger partial charge in [-0.2, -0.15) is 8.78 Å². The molecule has 0 radical (unpaired) electrons. The van der Waals surface area contributed by atoms with E-state index >= 15 is 0 Å². The lowest BCUT2D eigenvalue weighted by Gasteiger charge is -2.05. The van der Waals surface area contributed by atoms with E-state index in [-0.39, 0.29) is 6.04 Å². The minimum absolute atomic E-state index is 0.0277. The van der Waals surface area contributed by atoms with Crippen molar-refractivity contribution in [1.29, 1.82) is 0 Å². The van der Waals surface area contributed by atoms with E-state index in [9.17, 15) is 8.78 Å². The summed E-state index contributed by atoms with van der Waals surface area (Å²) in [5, 5.41) is 0. The number of alkyl halides is 2. The second kappa shape index (κ2) is 5.95. The summed E-state index contributed by atoms with van der Waals surface area (Å²) in [6.07, 6.45) is 7.70. The van der Waals surface area contributed by atoms with Crippen molar-refractivity contribution in [1.82, 2.24) is 4.90 Å². The van der Waals surface area contributed by atoms with E-state index < -0.39 is 12.1 Å². The Morgan fingerprint density at radius 1 is 1.06 bits per heavy atom. The highest BCUT2D eigenvalue weighted by atomic mass is 19.3. The van der Waals surface area contributed by atoms with Crippen molar-refractivity contribution < 1.29 is 8.78 Å². The molecule has 0 amide bonds. The highest BCUT2D eigenvalue weighted by Crippen LogP contribution is 2.48. The zero-order valence-corrected chi connectivity index (χ0v) is 10.8. The van der Waals surface area contributed by atoms with Crippen LogP contribution in [-0.2, 0) is 0 Å². The molecule has 0 aliphatic carbocycles. The Morgan fingerprint density at radius 3 is 2.12 bits per heavy atom. The van der Waals surface area contributed by atoms with Gasteiger partial charge in [-0.15, -0.1) is 0 Å². The van der Waals surface area contributed by atoms with Gasteiger partial charge in [-0.3, -0.25) is 0 Å². The summed E-state index contributed by atoms with van der Waals surface area (Å²) in [5.74, 6) is 0. The Kier molecular flexibility index (Phi) is 5.16. The lowest BCUT2D eigenvalue weighted by atomic mass is 10.1. The Morgan fingerprint density at radius 2 is 1.62 bits per heavy atom. The van der Waals surface area contributed by atoms with Crippen LogP contribution >= 0.6 is 0 Å². The van der Waals surface area contributed by atoms with Crippen LogP contribution in [-0.4, -0.2) is 23.0 Å². The smallest absolute Gasteiger partial charge is 0.230 e. The van der Waals surface area contributed by atoms with Gasteiger partial charge < -0.3 is 0 Å². The van der Waals surface area contributed by atoms with Crippen molar-refractivity contribution in [2.75, 3.05) is 0 Å². The molecule has 0 spiro atoms. The van der Waals surface area contributed by atoms with Gasteiger partial charge in [-0.05, 0) is 20.3 Å². The molecular weight excluding hydrogens is 208 g/mol. The zero-order valence-electron chi connectivity index (χ0n) is 10.8. The first kappa shape index (κ1) is 13.9.